The summed E-state index contributed by atoms with van der Waals surface area (Å²) in [4.78, 5) is 11.6. The van der Waals surface area contributed by atoms with E-state index in [1.165, 1.54) is 25.7 Å². The van der Waals surface area contributed by atoms with Gasteiger partial charge in [0.05, 0.1) is 18.6 Å². The van der Waals surface area contributed by atoms with Crippen LogP contribution in [0.3, 0.4) is 0 Å². The summed E-state index contributed by atoms with van der Waals surface area (Å²) >= 11 is 0. The van der Waals surface area contributed by atoms with Gasteiger partial charge in [0.1, 0.15) is 6.10 Å². The summed E-state index contributed by atoms with van der Waals surface area (Å²) in [6.07, 6.45) is 14.9. The Balaban J connectivity index is 1.55. The number of ether oxygens (including phenoxy) is 3. The number of aliphatic hydroxyl groups excluding tert-OH is 1. The molecule has 0 spiro atoms. The Hall–Kier alpha value is -0.910. The molecule has 5 heteroatoms. The van der Waals surface area contributed by atoms with Gasteiger partial charge in [0.2, 0.25) is 0 Å². The van der Waals surface area contributed by atoms with Gasteiger partial charge in [-0.25, -0.2) is 0 Å². The monoisotopic (exact) mass is 380 g/mol. The molecule has 0 aromatic rings. The molecule has 5 nitrogen and oxygen atoms in total. The van der Waals surface area contributed by atoms with E-state index < -0.39 is 6.10 Å². The number of esters is 1. The fourth-order valence-corrected chi connectivity index (χ4v) is 4.61. The minimum absolute atomic E-state index is 0.0130. The topological polar surface area (TPSA) is 65.0 Å². The molecule has 3 rings (SSSR count). The molecule has 0 bridgehead atoms. The SMILES string of the molecule is CCCCCCCC(C=C[C@@H]1[C@H]2CC(=O)O[C@H]2C[C@H]1O)OC1CCCCO1. The molecule has 3 fully saturated rings. The molecule has 1 aliphatic carbocycles. The van der Waals surface area contributed by atoms with Crippen LogP contribution in [-0.4, -0.2) is 42.3 Å². The van der Waals surface area contributed by atoms with Gasteiger partial charge in [0, 0.05) is 24.9 Å². The van der Waals surface area contributed by atoms with Crippen molar-refractivity contribution in [1.29, 1.82) is 0 Å². The highest BCUT2D eigenvalue weighted by atomic mass is 16.7. The van der Waals surface area contributed by atoms with Gasteiger partial charge in [0.15, 0.2) is 6.29 Å². The Bertz CT molecular complexity index is 485. The van der Waals surface area contributed by atoms with E-state index in [2.05, 4.69) is 19.1 Å². The summed E-state index contributed by atoms with van der Waals surface area (Å²) < 4.78 is 17.3. The minimum atomic E-state index is -0.430. The van der Waals surface area contributed by atoms with Gasteiger partial charge >= 0.3 is 5.97 Å². The Morgan fingerprint density at radius 3 is 2.89 bits per heavy atom. The maximum Gasteiger partial charge on any atom is 0.306 e. The molecule has 27 heavy (non-hydrogen) atoms. The number of unbranched alkanes of at least 4 members (excludes halogenated alkanes) is 4. The van der Waals surface area contributed by atoms with Crippen LogP contribution < -0.4 is 0 Å². The summed E-state index contributed by atoms with van der Waals surface area (Å²) in [5, 5.41) is 10.4. The van der Waals surface area contributed by atoms with Crippen LogP contribution in [0.1, 0.15) is 77.6 Å². The number of rotatable bonds is 10. The number of aliphatic hydroxyl groups is 1. The molecule has 6 atom stereocenters. The van der Waals surface area contributed by atoms with Crippen LogP contribution in [0.2, 0.25) is 0 Å². The standard InChI is InChI=1S/C22H36O5/c1-2-3-4-5-6-9-16(26-22-10-7-8-13-25-22)11-12-17-18-14-21(24)27-20(18)15-19(17)23/h11-12,16-20,22-23H,2-10,13-15H2,1H3/t16?,17-,18-,19-,20+,22?/m1/s1. The van der Waals surface area contributed by atoms with Crippen LogP contribution >= 0.6 is 0 Å². The van der Waals surface area contributed by atoms with Gasteiger partial charge in [-0.15, -0.1) is 0 Å². The zero-order chi connectivity index (χ0) is 19.1. The maximum atomic E-state index is 11.6. The molecular formula is C22H36O5. The van der Waals surface area contributed by atoms with Crippen LogP contribution in [-0.2, 0) is 19.0 Å². The largest absolute Gasteiger partial charge is 0.462 e. The van der Waals surface area contributed by atoms with Gasteiger partial charge < -0.3 is 19.3 Å². The zero-order valence-electron chi connectivity index (χ0n) is 16.7. The third kappa shape index (κ3) is 6.03. The Morgan fingerprint density at radius 2 is 2.11 bits per heavy atom. The molecule has 1 saturated carbocycles. The fourth-order valence-electron chi connectivity index (χ4n) is 4.61. The second-order valence-electron chi connectivity index (χ2n) is 8.34. The van der Waals surface area contributed by atoms with Gasteiger partial charge in [-0.1, -0.05) is 51.2 Å². The smallest absolute Gasteiger partial charge is 0.306 e. The summed E-state index contributed by atoms with van der Waals surface area (Å²) in [6.45, 7) is 3.01. The van der Waals surface area contributed by atoms with E-state index in [-0.39, 0.29) is 36.3 Å². The van der Waals surface area contributed by atoms with Crippen LogP contribution in [0.4, 0.5) is 0 Å². The average Bonchev–Trinajstić information content (AvgIpc) is 3.15. The first-order chi connectivity index (χ1) is 13.2. The second kappa shape index (κ2) is 10.6. The summed E-state index contributed by atoms with van der Waals surface area (Å²) in [7, 11) is 0. The van der Waals surface area contributed by atoms with Crippen LogP contribution in [0.15, 0.2) is 12.2 Å². The number of carbonyl (C=O) groups excluding carboxylic acids is 1. The molecule has 154 valence electrons. The van der Waals surface area contributed by atoms with Gasteiger partial charge in [-0.2, -0.15) is 0 Å². The Kier molecular flexibility index (Phi) is 8.16. The van der Waals surface area contributed by atoms with Crippen molar-refractivity contribution in [2.45, 2.75) is 102 Å². The minimum Gasteiger partial charge on any atom is -0.462 e. The number of fused-ring (bicyclic) bond motifs is 1. The molecule has 3 aliphatic rings. The normalized spacial score (nSPS) is 34.7. The van der Waals surface area contributed by atoms with Crippen molar-refractivity contribution in [3.8, 4) is 0 Å². The van der Waals surface area contributed by atoms with E-state index in [0.29, 0.717) is 12.8 Å². The Labute approximate surface area is 163 Å². The first kappa shape index (κ1) is 20.8. The molecular weight excluding hydrogens is 344 g/mol. The number of carbonyl (C=O) groups is 1. The lowest BCUT2D eigenvalue weighted by molar-refractivity contribution is -0.179. The maximum absolute atomic E-state index is 11.6. The number of hydrogen-bond donors (Lipinski definition) is 1. The summed E-state index contributed by atoms with van der Waals surface area (Å²) in [5.41, 5.74) is 0. The van der Waals surface area contributed by atoms with Crippen molar-refractivity contribution in [2.24, 2.45) is 11.8 Å². The average molecular weight is 381 g/mol. The molecule has 0 aromatic carbocycles. The summed E-state index contributed by atoms with van der Waals surface area (Å²) in [6, 6.07) is 0. The first-order valence-corrected chi connectivity index (χ1v) is 11.0. The molecule has 2 saturated heterocycles. The second-order valence-corrected chi connectivity index (χ2v) is 8.34. The molecule has 0 amide bonds. The summed E-state index contributed by atoms with van der Waals surface area (Å²) in [5.74, 6) is -0.0329. The fraction of sp³-hybridized carbons (Fsp3) is 0.864. The van der Waals surface area contributed by atoms with Crippen molar-refractivity contribution in [2.75, 3.05) is 6.61 Å². The van der Waals surface area contributed by atoms with Crippen molar-refractivity contribution < 1.29 is 24.1 Å². The van der Waals surface area contributed by atoms with E-state index in [4.69, 9.17) is 14.2 Å². The number of hydrogen-bond acceptors (Lipinski definition) is 5. The van der Waals surface area contributed by atoms with E-state index in [9.17, 15) is 9.90 Å². The molecule has 2 aliphatic heterocycles. The third-order valence-corrected chi connectivity index (χ3v) is 6.18. The lowest BCUT2D eigenvalue weighted by Crippen LogP contribution is -2.27. The highest BCUT2D eigenvalue weighted by Crippen LogP contribution is 2.42. The Morgan fingerprint density at radius 1 is 1.26 bits per heavy atom. The van der Waals surface area contributed by atoms with Crippen molar-refractivity contribution >= 4 is 5.97 Å². The zero-order valence-corrected chi connectivity index (χ0v) is 16.7. The van der Waals surface area contributed by atoms with Gasteiger partial charge in [0.25, 0.3) is 0 Å². The molecule has 2 unspecified atom stereocenters. The highest BCUT2D eigenvalue weighted by Gasteiger charge is 2.48. The third-order valence-electron chi connectivity index (χ3n) is 6.18. The predicted molar refractivity (Wildman–Crippen MR) is 103 cm³/mol. The van der Waals surface area contributed by atoms with E-state index in [0.717, 1.165) is 38.7 Å². The van der Waals surface area contributed by atoms with Crippen molar-refractivity contribution in [3.05, 3.63) is 12.2 Å². The van der Waals surface area contributed by atoms with Gasteiger partial charge in [-0.3, -0.25) is 4.79 Å². The van der Waals surface area contributed by atoms with E-state index in [1.54, 1.807) is 0 Å². The molecule has 0 aromatic heterocycles. The molecule has 1 N–H and O–H groups in total. The lowest BCUT2D eigenvalue weighted by atomic mass is 9.91. The van der Waals surface area contributed by atoms with Crippen molar-refractivity contribution in [1.82, 2.24) is 0 Å². The quantitative estimate of drug-likeness (QED) is 0.351. The van der Waals surface area contributed by atoms with Crippen LogP contribution in [0.5, 0.6) is 0 Å². The first-order valence-electron chi connectivity index (χ1n) is 11.0. The molecule has 0 radical (unpaired) electrons. The van der Waals surface area contributed by atoms with E-state index >= 15 is 0 Å². The van der Waals surface area contributed by atoms with Crippen LogP contribution in [0.25, 0.3) is 0 Å². The van der Waals surface area contributed by atoms with Crippen molar-refractivity contribution in [3.63, 3.8) is 0 Å². The predicted octanol–water partition coefficient (Wildman–Crippen LogP) is 4.13. The van der Waals surface area contributed by atoms with E-state index in [1.807, 2.05) is 0 Å². The van der Waals surface area contributed by atoms with Crippen LogP contribution in [0, 0.1) is 11.8 Å². The highest BCUT2D eigenvalue weighted by molar-refractivity contribution is 5.72. The molecule has 2 heterocycles. The lowest BCUT2D eigenvalue weighted by Gasteiger charge is -2.27. The van der Waals surface area contributed by atoms with Gasteiger partial charge in [-0.05, 0) is 25.7 Å².